The van der Waals surface area contributed by atoms with E-state index in [2.05, 4.69) is 15.5 Å². The zero-order valence-corrected chi connectivity index (χ0v) is 19.8. The molecule has 2 heterocycles. The van der Waals surface area contributed by atoms with E-state index in [0.29, 0.717) is 17.1 Å². The molecule has 0 atom stereocenters. The van der Waals surface area contributed by atoms with Crippen molar-refractivity contribution >= 4 is 44.0 Å². The number of nitro groups is 1. The molecule has 14 heteroatoms. The highest BCUT2D eigenvalue weighted by atomic mass is 32.2. The molecule has 33 heavy (non-hydrogen) atoms. The Morgan fingerprint density at radius 1 is 1.18 bits per heavy atom. The highest BCUT2D eigenvalue weighted by molar-refractivity contribution is 7.89. The summed E-state index contributed by atoms with van der Waals surface area (Å²) in [5.41, 5.74) is 0.109. The molecule has 2 amide bonds. The number of hydrogen-bond donors (Lipinski definition) is 1. The summed E-state index contributed by atoms with van der Waals surface area (Å²) in [5, 5.41) is 22.6. The Bertz CT molecular complexity index is 1160. The molecule has 3 rings (SSSR count). The van der Waals surface area contributed by atoms with Gasteiger partial charge in [0.05, 0.1) is 9.82 Å². The molecule has 0 saturated carbocycles. The summed E-state index contributed by atoms with van der Waals surface area (Å²) >= 11 is 1.28. The molecule has 1 saturated heterocycles. The van der Waals surface area contributed by atoms with Crippen LogP contribution in [0.25, 0.3) is 0 Å². The Hall–Kier alpha value is -2.97. The molecule has 1 N–H and O–H groups in total. The van der Waals surface area contributed by atoms with Crippen LogP contribution in [0.4, 0.5) is 10.8 Å². The molecule has 1 aliphatic heterocycles. The van der Waals surface area contributed by atoms with Crippen LogP contribution < -0.4 is 5.32 Å². The van der Waals surface area contributed by atoms with Gasteiger partial charge in [0.1, 0.15) is 5.01 Å². The van der Waals surface area contributed by atoms with Gasteiger partial charge < -0.3 is 10.2 Å². The third kappa shape index (κ3) is 5.89. The van der Waals surface area contributed by atoms with E-state index in [4.69, 9.17) is 0 Å². The molecule has 0 aliphatic carbocycles. The number of hydrogen-bond acceptors (Lipinski definition) is 9. The third-order valence-electron chi connectivity index (χ3n) is 5.17. The number of aryl methyl sites for hydroxylation is 2. The smallest absolute Gasteiger partial charge is 0.270 e. The topological polar surface area (TPSA) is 156 Å². The molecule has 0 unspecified atom stereocenters. The first kappa shape index (κ1) is 24.7. The Balaban J connectivity index is 1.53. The summed E-state index contributed by atoms with van der Waals surface area (Å²) in [7, 11) is -3.94. The van der Waals surface area contributed by atoms with Gasteiger partial charge in [-0.05, 0) is 18.9 Å². The fourth-order valence-corrected chi connectivity index (χ4v) is 5.67. The van der Waals surface area contributed by atoms with Gasteiger partial charge in [0.15, 0.2) is 0 Å². The summed E-state index contributed by atoms with van der Waals surface area (Å²) in [5.74, 6) is -0.593. The monoisotopic (exact) mass is 496 g/mol. The number of nitro benzene ring substituents is 1. The zero-order valence-electron chi connectivity index (χ0n) is 18.2. The molecule has 2 aromatic rings. The maximum Gasteiger partial charge on any atom is 0.270 e. The molecule has 1 aliphatic rings. The quantitative estimate of drug-likeness (QED) is 0.426. The van der Waals surface area contributed by atoms with E-state index in [1.807, 2.05) is 6.92 Å². The van der Waals surface area contributed by atoms with Crippen LogP contribution in [-0.2, 0) is 26.0 Å². The third-order valence-corrected chi connectivity index (χ3v) is 8.20. The number of non-ortho nitro benzene ring substituents is 1. The van der Waals surface area contributed by atoms with Crippen LogP contribution >= 0.6 is 11.3 Å². The average molecular weight is 497 g/mol. The highest BCUT2D eigenvalue weighted by Gasteiger charge is 2.32. The first-order valence-corrected chi connectivity index (χ1v) is 12.5. The predicted octanol–water partition coefficient (Wildman–Crippen LogP) is 1.57. The van der Waals surface area contributed by atoms with Crippen LogP contribution in [0.3, 0.4) is 0 Å². The number of sulfonamides is 1. The van der Waals surface area contributed by atoms with Crippen LogP contribution in [-0.4, -0.2) is 70.7 Å². The lowest BCUT2D eigenvalue weighted by atomic mass is 10.2. The summed E-state index contributed by atoms with van der Waals surface area (Å²) in [6.07, 6.45) is 0.682. The van der Waals surface area contributed by atoms with Gasteiger partial charge >= 0.3 is 0 Å². The number of aromatic nitrogens is 2. The van der Waals surface area contributed by atoms with Crippen molar-refractivity contribution in [2.45, 2.75) is 38.0 Å². The minimum absolute atomic E-state index is 0.0119. The second kappa shape index (κ2) is 10.3. The Kier molecular flexibility index (Phi) is 7.71. The SMILES string of the molecule is CCc1nnc(NC(=O)CCC(=O)N2CCN(S(=O)(=O)c3cc([N+](=O)[O-])ccc3C)CC2)s1. The summed E-state index contributed by atoms with van der Waals surface area (Å²) < 4.78 is 27.2. The number of piperazine rings is 1. The molecule has 0 bridgehead atoms. The van der Waals surface area contributed by atoms with Crippen LogP contribution in [0.1, 0.15) is 30.3 Å². The van der Waals surface area contributed by atoms with E-state index in [1.165, 1.54) is 32.7 Å². The van der Waals surface area contributed by atoms with Crippen molar-refractivity contribution in [3.63, 3.8) is 0 Å². The van der Waals surface area contributed by atoms with Crippen molar-refractivity contribution in [1.82, 2.24) is 19.4 Å². The van der Waals surface area contributed by atoms with Gasteiger partial charge in [-0.2, -0.15) is 4.31 Å². The fraction of sp³-hybridized carbons (Fsp3) is 0.474. The average Bonchev–Trinajstić information content (AvgIpc) is 3.25. The number of nitrogens with one attached hydrogen (secondary N) is 1. The normalized spacial score (nSPS) is 14.8. The van der Waals surface area contributed by atoms with E-state index < -0.39 is 14.9 Å². The van der Waals surface area contributed by atoms with Gasteiger partial charge in [-0.25, -0.2) is 8.42 Å². The maximum atomic E-state index is 13.0. The Labute approximate surface area is 194 Å². The standard InChI is InChI=1S/C19H24N6O6S2/c1-3-17-21-22-19(32-17)20-16(26)6-7-18(27)23-8-10-24(11-9-23)33(30,31)15-12-14(25(28)29)5-4-13(15)2/h4-5,12H,3,6-11H2,1-2H3,(H,20,22,26). The first-order valence-electron chi connectivity index (χ1n) is 10.3. The molecule has 1 aromatic heterocycles. The Morgan fingerprint density at radius 3 is 2.48 bits per heavy atom. The minimum atomic E-state index is -3.94. The van der Waals surface area contributed by atoms with Gasteiger partial charge in [-0.3, -0.25) is 19.7 Å². The number of carbonyl (C=O) groups is 2. The number of benzene rings is 1. The molecule has 12 nitrogen and oxygen atoms in total. The molecule has 0 spiro atoms. The largest absolute Gasteiger partial charge is 0.340 e. The van der Waals surface area contributed by atoms with Gasteiger partial charge in [0.25, 0.3) is 5.69 Å². The van der Waals surface area contributed by atoms with E-state index in [9.17, 15) is 28.1 Å². The number of nitrogens with zero attached hydrogens (tertiary/aromatic N) is 5. The second-order valence-corrected chi connectivity index (χ2v) is 10.4. The molecule has 178 valence electrons. The van der Waals surface area contributed by atoms with Crippen molar-refractivity contribution in [1.29, 1.82) is 0 Å². The zero-order chi connectivity index (χ0) is 24.2. The van der Waals surface area contributed by atoms with Crippen molar-refractivity contribution in [2.24, 2.45) is 0 Å². The van der Waals surface area contributed by atoms with Crippen molar-refractivity contribution in [3.8, 4) is 0 Å². The molecular formula is C19H24N6O6S2. The fourth-order valence-electron chi connectivity index (χ4n) is 3.30. The number of amides is 2. The van der Waals surface area contributed by atoms with Crippen LogP contribution in [0.2, 0.25) is 0 Å². The minimum Gasteiger partial charge on any atom is -0.340 e. The first-order chi connectivity index (χ1) is 15.6. The van der Waals surface area contributed by atoms with Crippen molar-refractivity contribution in [2.75, 3.05) is 31.5 Å². The van der Waals surface area contributed by atoms with Crippen molar-refractivity contribution < 1.29 is 22.9 Å². The maximum absolute atomic E-state index is 13.0. The van der Waals surface area contributed by atoms with Crippen LogP contribution in [0.5, 0.6) is 0 Å². The van der Waals surface area contributed by atoms with E-state index in [-0.39, 0.29) is 61.4 Å². The number of carbonyl (C=O) groups excluding carboxylic acids is 2. The predicted molar refractivity (Wildman–Crippen MR) is 120 cm³/mol. The summed E-state index contributed by atoms with van der Waals surface area (Å²) in [6.45, 7) is 3.97. The lowest BCUT2D eigenvalue weighted by molar-refractivity contribution is -0.385. The van der Waals surface area contributed by atoms with Gasteiger partial charge in [-0.1, -0.05) is 24.3 Å². The summed E-state index contributed by atoms with van der Waals surface area (Å²) in [6, 6.07) is 3.72. The lowest BCUT2D eigenvalue weighted by Gasteiger charge is -2.34. The van der Waals surface area contributed by atoms with Gasteiger partial charge in [0.2, 0.25) is 27.0 Å². The summed E-state index contributed by atoms with van der Waals surface area (Å²) in [4.78, 5) is 36.3. The number of rotatable bonds is 8. The molecule has 0 radical (unpaired) electrons. The highest BCUT2D eigenvalue weighted by Crippen LogP contribution is 2.25. The number of anilines is 1. The van der Waals surface area contributed by atoms with Gasteiger partial charge in [-0.15, -0.1) is 10.2 Å². The van der Waals surface area contributed by atoms with Crippen LogP contribution in [0.15, 0.2) is 23.1 Å². The van der Waals surface area contributed by atoms with Crippen LogP contribution in [0, 0.1) is 17.0 Å². The van der Waals surface area contributed by atoms with Gasteiger partial charge in [0, 0.05) is 51.2 Å². The van der Waals surface area contributed by atoms with E-state index >= 15 is 0 Å². The molecular weight excluding hydrogens is 472 g/mol. The van der Waals surface area contributed by atoms with E-state index in [1.54, 1.807) is 6.92 Å². The van der Waals surface area contributed by atoms with Crippen molar-refractivity contribution in [3.05, 3.63) is 38.9 Å². The Morgan fingerprint density at radius 2 is 1.88 bits per heavy atom. The molecule has 1 aromatic carbocycles. The lowest BCUT2D eigenvalue weighted by Crippen LogP contribution is -2.50. The molecule has 1 fully saturated rings. The van der Waals surface area contributed by atoms with E-state index in [0.717, 1.165) is 11.1 Å². The second-order valence-electron chi connectivity index (χ2n) is 7.39.